The van der Waals surface area contributed by atoms with Crippen LogP contribution in [0.1, 0.15) is 56.6 Å². The number of thioether (sulfide) groups is 1. The normalized spacial score (nSPS) is 19.3. The van der Waals surface area contributed by atoms with E-state index in [1.165, 1.54) is 31.0 Å². The molecule has 0 atom stereocenters. The summed E-state index contributed by atoms with van der Waals surface area (Å²) in [7, 11) is 0. The summed E-state index contributed by atoms with van der Waals surface area (Å²) in [6.07, 6.45) is 10.0. The molecule has 1 saturated heterocycles. The van der Waals surface area contributed by atoms with Crippen molar-refractivity contribution in [3.05, 3.63) is 44.7 Å². The smallest absolute Gasteiger partial charge is 0.267 e. The van der Waals surface area contributed by atoms with Gasteiger partial charge >= 0.3 is 0 Å². The second-order valence-electron chi connectivity index (χ2n) is 7.93. The lowest BCUT2D eigenvalue weighted by Gasteiger charge is -2.24. The highest BCUT2D eigenvalue weighted by molar-refractivity contribution is 8.26. The lowest BCUT2D eigenvalue weighted by atomic mass is 9.95. The van der Waals surface area contributed by atoms with Gasteiger partial charge in [0.2, 0.25) is 0 Å². The quantitative estimate of drug-likeness (QED) is 0.548. The molecule has 6 nitrogen and oxygen atoms in total. The highest BCUT2D eigenvalue weighted by Gasteiger charge is 2.32. The molecule has 2 aromatic rings. The Kier molecular flexibility index (Phi) is 6.24. The van der Waals surface area contributed by atoms with E-state index in [1.807, 2.05) is 26.0 Å². The standard InChI is InChI=1S/C22H26N4O2S2/c1-3-11-25-21(28)17(30-22(25)29)12-16-19(23-15-7-5-4-6-8-15)24-18-10-9-14(2)13-26(18)20(16)27/h9-10,12-13,15,23H,3-8,11H2,1-2H3/b17-12+. The number of thiocarbonyl (C=S) groups is 1. The minimum atomic E-state index is -0.178. The van der Waals surface area contributed by atoms with Crippen LogP contribution in [0.2, 0.25) is 0 Å². The predicted molar refractivity (Wildman–Crippen MR) is 127 cm³/mol. The molecular weight excluding hydrogens is 416 g/mol. The zero-order valence-corrected chi connectivity index (χ0v) is 18.9. The van der Waals surface area contributed by atoms with E-state index in [9.17, 15) is 9.59 Å². The van der Waals surface area contributed by atoms with E-state index in [4.69, 9.17) is 17.2 Å². The number of nitrogens with one attached hydrogen (secondary N) is 1. The molecule has 4 rings (SSSR count). The van der Waals surface area contributed by atoms with Gasteiger partial charge in [0.25, 0.3) is 11.5 Å². The van der Waals surface area contributed by atoms with Crippen molar-refractivity contribution in [2.75, 3.05) is 11.9 Å². The number of hydrogen-bond acceptors (Lipinski definition) is 6. The van der Waals surface area contributed by atoms with E-state index < -0.39 is 0 Å². The third-order valence-electron chi connectivity index (χ3n) is 5.55. The molecule has 30 heavy (non-hydrogen) atoms. The molecule has 158 valence electrons. The Morgan fingerprint density at radius 2 is 2.03 bits per heavy atom. The summed E-state index contributed by atoms with van der Waals surface area (Å²) in [5, 5.41) is 3.50. The van der Waals surface area contributed by atoms with Crippen LogP contribution in [0, 0.1) is 6.92 Å². The van der Waals surface area contributed by atoms with Crippen molar-refractivity contribution in [2.24, 2.45) is 0 Å². The Hall–Kier alpha value is -2.19. The third kappa shape index (κ3) is 4.16. The van der Waals surface area contributed by atoms with Gasteiger partial charge in [0, 0.05) is 18.8 Å². The molecule has 8 heteroatoms. The lowest BCUT2D eigenvalue weighted by molar-refractivity contribution is -0.122. The first kappa shape index (κ1) is 21.1. The SMILES string of the molecule is CCCN1C(=O)/C(=C\c2c(NC3CCCCC3)nc3ccc(C)cn3c2=O)SC1=S. The van der Waals surface area contributed by atoms with Crippen molar-refractivity contribution in [3.8, 4) is 0 Å². The van der Waals surface area contributed by atoms with Crippen molar-refractivity contribution >= 4 is 51.7 Å². The molecule has 0 unspecified atom stereocenters. The van der Waals surface area contributed by atoms with Crippen LogP contribution in [-0.4, -0.2) is 37.1 Å². The molecule has 0 spiro atoms. The van der Waals surface area contributed by atoms with E-state index >= 15 is 0 Å². The van der Waals surface area contributed by atoms with Crippen LogP contribution in [0.25, 0.3) is 11.7 Å². The Balaban J connectivity index is 1.81. The molecule has 0 radical (unpaired) electrons. The summed E-state index contributed by atoms with van der Waals surface area (Å²) in [4.78, 5) is 33.1. The minimum Gasteiger partial charge on any atom is -0.367 e. The number of pyridine rings is 1. The Morgan fingerprint density at radius 1 is 1.27 bits per heavy atom. The monoisotopic (exact) mass is 442 g/mol. The summed E-state index contributed by atoms with van der Waals surface area (Å²) >= 11 is 6.63. The first-order valence-electron chi connectivity index (χ1n) is 10.5. The van der Waals surface area contributed by atoms with Gasteiger partial charge in [0.15, 0.2) is 0 Å². The second-order valence-corrected chi connectivity index (χ2v) is 9.60. The van der Waals surface area contributed by atoms with Gasteiger partial charge in [-0.25, -0.2) is 4.98 Å². The summed E-state index contributed by atoms with van der Waals surface area (Å²) in [6, 6.07) is 4.09. The minimum absolute atomic E-state index is 0.135. The van der Waals surface area contributed by atoms with Gasteiger partial charge in [-0.1, -0.05) is 56.2 Å². The maximum atomic E-state index is 13.4. The van der Waals surface area contributed by atoms with Crippen molar-refractivity contribution < 1.29 is 4.79 Å². The molecule has 3 heterocycles. The highest BCUT2D eigenvalue weighted by atomic mass is 32.2. The first-order valence-corrected chi connectivity index (χ1v) is 11.8. The number of rotatable bonds is 5. The molecule has 1 N–H and O–H groups in total. The largest absolute Gasteiger partial charge is 0.367 e. The van der Waals surface area contributed by atoms with Gasteiger partial charge in [-0.3, -0.25) is 18.9 Å². The molecule has 2 aliphatic rings. The maximum Gasteiger partial charge on any atom is 0.267 e. The summed E-state index contributed by atoms with van der Waals surface area (Å²) in [6.45, 7) is 4.54. The van der Waals surface area contributed by atoms with Gasteiger partial charge in [0.05, 0.1) is 10.5 Å². The van der Waals surface area contributed by atoms with Crippen molar-refractivity contribution in [1.29, 1.82) is 0 Å². The number of aromatic nitrogens is 2. The Bertz CT molecular complexity index is 1090. The Morgan fingerprint density at radius 3 is 2.77 bits per heavy atom. The average Bonchev–Trinajstić information content (AvgIpc) is 3.00. The van der Waals surface area contributed by atoms with E-state index in [-0.39, 0.29) is 11.5 Å². The highest BCUT2D eigenvalue weighted by Crippen LogP contribution is 2.33. The fraction of sp³-hybridized carbons (Fsp3) is 0.455. The number of fused-ring (bicyclic) bond motifs is 1. The van der Waals surface area contributed by atoms with E-state index in [1.54, 1.807) is 21.6 Å². The number of carbonyl (C=O) groups excluding carboxylic acids is 1. The average molecular weight is 443 g/mol. The fourth-order valence-electron chi connectivity index (χ4n) is 3.99. The number of amides is 1. The van der Waals surface area contributed by atoms with Crippen molar-refractivity contribution in [1.82, 2.24) is 14.3 Å². The van der Waals surface area contributed by atoms with Gasteiger partial charge < -0.3 is 5.32 Å². The number of carbonyl (C=O) groups is 1. The van der Waals surface area contributed by atoms with E-state index in [0.717, 1.165) is 24.8 Å². The van der Waals surface area contributed by atoms with Crippen molar-refractivity contribution in [3.63, 3.8) is 0 Å². The number of hydrogen-bond donors (Lipinski definition) is 1. The zero-order valence-electron chi connectivity index (χ0n) is 17.3. The molecule has 0 bridgehead atoms. The molecule has 1 amide bonds. The van der Waals surface area contributed by atoms with Crippen LogP contribution in [-0.2, 0) is 4.79 Å². The van der Waals surface area contributed by atoms with Crippen LogP contribution in [0.15, 0.2) is 28.0 Å². The van der Waals surface area contributed by atoms with Crippen LogP contribution in [0.4, 0.5) is 5.82 Å². The van der Waals surface area contributed by atoms with Gasteiger partial charge in [0.1, 0.15) is 15.8 Å². The number of nitrogens with zero attached hydrogens (tertiary/aromatic N) is 3. The molecular formula is C22H26N4O2S2. The molecule has 1 saturated carbocycles. The lowest BCUT2D eigenvalue weighted by Crippen LogP contribution is -2.29. The molecule has 1 aliphatic heterocycles. The maximum absolute atomic E-state index is 13.4. The first-order chi connectivity index (χ1) is 14.5. The predicted octanol–water partition coefficient (Wildman–Crippen LogP) is 4.36. The second kappa shape index (κ2) is 8.89. The molecule has 0 aromatic carbocycles. The fourth-order valence-corrected chi connectivity index (χ4v) is 5.28. The summed E-state index contributed by atoms with van der Waals surface area (Å²) in [5.74, 6) is 0.417. The summed E-state index contributed by atoms with van der Waals surface area (Å²) < 4.78 is 2.10. The third-order valence-corrected chi connectivity index (χ3v) is 6.93. The summed E-state index contributed by atoms with van der Waals surface area (Å²) in [5.41, 5.74) is 1.81. The van der Waals surface area contributed by atoms with E-state index in [0.29, 0.717) is 38.8 Å². The van der Waals surface area contributed by atoms with E-state index in [2.05, 4.69) is 5.32 Å². The van der Waals surface area contributed by atoms with Gasteiger partial charge in [-0.05, 0) is 43.9 Å². The van der Waals surface area contributed by atoms with Crippen LogP contribution in [0.3, 0.4) is 0 Å². The topological polar surface area (TPSA) is 66.7 Å². The molecule has 1 aliphatic carbocycles. The number of anilines is 1. The zero-order chi connectivity index (χ0) is 21.3. The van der Waals surface area contributed by atoms with Crippen LogP contribution < -0.4 is 10.9 Å². The molecule has 2 aromatic heterocycles. The number of aryl methyl sites for hydroxylation is 1. The van der Waals surface area contributed by atoms with Gasteiger partial charge in [-0.2, -0.15) is 0 Å². The van der Waals surface area contributed by atoms with Crippen molar-refractivity contribution in [2.45, 2.75) is 58.4 Å². The van der Waals surface area contributed by atoms with Crippen LogP contribution in [0.5, 0.6) is 0 Å². The van der Waals surface area contributed by atoms with Crippen LogP contribution >= 0.6 is 24.0 Å². The Labute approximate surface area is 185 Å². The van der Waals surface area contributed by atoms with Gasteiger partial charge in [-0.15, -0.1) is 0 Å². The molecule has 2 fully saturated rings.